The highest BCUT2D eigenvalue weighted by Gasteiger charge is 2.23. The normalized spacial score (nSPS) is 11.8. The summed E-state index contributed by atoms with van der Waals surface area (Å²) in [6.07, 6.45) is 1.54. The smallest absolute Gasteiger partial charge is 0.362 e. The molecule has 0 atom stereocenters. The Morgan fingerprint density at radius 1 is 1.58 bits per heavy atom. The summed E-state index contributed by atoms with van der Waals surface area (Å²) in [5, 5.41) is 15.3. The van der Waals surface area contributed by atoms with Crippen molar-refractivity contribution in [3.63, 3.8) is 0 Å². The van der Waals surface area contributed by atoms with Crippen molar-refractivity contribution in [1.29, 1.82) is 0 Å². The molecule has 0 radical (unpaired) electrons. The maximum Gasteiger partial charge on any atom is 0.372 e. The highest BCUT2D eigenvalue weighted by atomic mass is 32.2. The molecule has 0 aromatic carbocycles. The average molecular weight is 305 g/mol. The van der Waals surface area contributed by atoms with Crippen LogP contribution in [0.15, 0.2) is 11.6 Å². The first-order chi connectivity index (χ1) is 8.94. The molecule has 0 saturated heterocycles. The minimum atomic E-state index is -3.35. The van der Waals surface area contributed by atoms with Crippen LogP contribution in [0.5, 0.6) is 0 Å². The van der Waals surface area contributed by atoms with Crippen molar-refractivity contribution in [2.45, 2.75) is 0 Å². The molecule has 0 aliphatic heterocycles. The van der Waals surface area contributed by atoms with Gasteiger partial charge in [-0.25, -0.2) is 13.1 Å². The maximum absolute atomic E-state index is 11.2. The first-order valence-corrected chi connectivity index (χ1v) is 7.73. The van der Waals surface area contributed by atoms with Gasteiger partial charge in [-0.05, 0) is 12.0 Å². The molecule has 2 N–H and O–H groups in total. The van der Waals surface area contributed by atoms with Gasteiger partial charge < -0.3 is 15.4 Å². The van der Waals surface area contributed by atoms with E-state index in [-0.39, 0.29) is 23.9 Å². The first kappa shape index (κ1) is 13.7. The third kappa shape index (κ3) is 2.83. The minimum absolute atomic E-state index is 0.0366. The predicted octanol–water partition coefficient (Wildman–Crippen LogP) is 0.265. The molecule has 11 heteroatoms. The molecule has 0 fully saturated rings. The number of rotatable bonds is 6. The fourth-order valence-corrected chi connectivity index (χ4v) is 2.76. The molecule has 19 heavy (non-hydrogen) atoms. The predicted molar refractivity (Wildman–Crippen MR) is 71.1 cm³/mol. The number of hydrogen-bond acceptors (Lipinski definition) is 7. The van der Waals surface area contributed by atoms with Crippen molar-refractivity contribution < 1.29 is 13.3 Å². The summed E-state index contributed by atoms with van der Waals surface area (Å²) >= 11 is 1.26. The Kier molecular flexibility index (Phi) is 3.68. The number of fused-ring (bicyclic) bond motifs is 1. The van der Waals surface area contributed by atoms with Crippen LogP contribution in [0.25, 0.3) is 4.96 Å². The summed E-state index contributed by atoms with van der Waals surface area (Å²) in [6.45, 7) is 0.0366. The number of nitrogens with one attached hydrogen (secondary N) is 2. The Morgan fingerprint density at radius 2 is 2.32 bits per heavy atom. The molecule has 0 spiro atoms. The summed E-state index contributed by atoms with van der Waals surface area (Å²) in [6, 6.07) is 0. The van der Waals surface area contributed by atoms with Crippen LogP contribution < -0.4 is 10.0 Å². The van der Waals surface area contributed by atoms with E-state index in [1.807, 2.05) is 0 Å². The number of nitrogens with zero attached hydrogens (tertiary/aromatic N) is 3. The molecule has 9 nitrogen and oxygen atoms in total. The summed E-state index contributed by atoms with van der Waals surface area (Å²) < 4.78 is 26.0. The molecule has 0 unspecified atom stereocenters. The lowest BCUT2D eigenvalue weighted by Gasteiger charge is -2.03. The van der Waals surface area contributed by atoms with E-state index < -0.39 is 14.9 Å². The van der Waals surface area contributed by atoms with Crippen LogP contribution in [0, 0.1) is 10.1 Å². The van der Waals surface area contributed by atoms with Gasteiger partial charge in [-0.3, -0.25) is 0 Å². The Labute approximate surface area is 112 Å². The van der Waals surface area contributed by atoms with Gasteiger partial charge in [0.05, 0.1) is 5.75 Å². The second-order valence-corrected chi connectivity index (χ2v) is 6.47. The highest BCUT2D eigenvalue weighted by molar-refractivity contribution is 7.89. The SMILES string of the molecule is CNS(=O)(=O)CCNc1nc2sccn2c1[N+](=O)[O-]. The van der Waals surface area contributed by atoms with Crippen LogP contribution >= 0.6 is 11.3 Å². The van der Waals surface area contributed by atoms with Gasteiger partial charge >= 0.3 is 5.82 Å². The van der Waals surface area contributed by atoms with Crippen LogP contribution in [0.2, 0.25) is 0 Å². The molecule has 2 aromatic heterocycles. The lowest BCUT2D eigenvalue weighted by molar-refractivity contribution is -0.389. The quantitative estimate of drug-likeness (QED) is 0.584. The maximum atomic E-state index is 11.2. The third-order valence-corrected chi connectivity index (χ3v) is 4.50. The van der Waals surface area contributed by atoms with Gasteiger partial charge in [0, 0.05) is 11.9 Å². The van der Waals surface area contributed by atoms with Crippen molar-refractivity contribution >= 4 is 38.0 Å². The van der Waals surface area contributed by atoms with Gasteiger partial charge in [0.15, 0.2) is 0 Å². The summed E-state index contributed by atoms with van der Waals surface area (Å²) in [5.41, 5.74) is 0. The van der Waals surface area contributed by atoms with Gasteiger partial charge in [0.1, 0.15) is 6.20 Å². The van der Waals surface area contributed by atoms with Gasteiger partial charge in [-0.2, -0.15) is 9.38 Å². The number of thiazole rings is 1. The molecule has 0 aliphatic rings. The van der Waals surface area contributed by atoms with E-state index in [0.29, 0.717) is 4.96 Å². The average Bonchev–Trinajstić information content (AvgIpc) is 2.88. The second kappa shape index (κ2) is 5.11. The lowest BCUT2D eigenvalue weighted by atomic mass is 10.6. The molecular weight excluding hydrogens is 294 g/mol. The van der Waals surface area contributed by atoms with E-state index in [9.17, 15) is 18.5 Å². The van der Waals surface area contributed by atoms with Crippen molar-refractivity contribution in [2.24, 2.45) is 0 Å². The number of nitro groups is 1. The molecule has 2 heterocycles. The van der Waals surface area contributed by atoms with E-state index in [1.165, 1.54) is 22.8 Å². The first-order valence-electron chi connectivity index (χ1n) is 5.19. The zero-order valence-electron chi connectivity index (χ0n) is 9.86. The molecule has 0 amide bonds. The molecular formula is C8H11N5O4S2. The number of imidazole rings is 1. The Morgan fingerprint density at radius 3 is 2.95 bits per heavy atom. The zero-order chi connectivity index (χ0) is 14.0. The van der Waals surface area contributed by atoms with Crippen molar-refractivity contribution in [2.75, 3.05) is 24.7 Å². The molecule has 2 aromatic rings. The van der Waals surface area contributed by atoms with E-state index in [4.69, 9.17) is 0 Å². The van der Waals surface area contributed by atoms with Crippen LogP contribution in [-0.2, 0) is 10.0 Å². The number of sulfonamides is 1. The van der Waals surface area contributed by atoms with E-state index >= 15 is 0 Å². The van der Waals surface area contributed by atoms with Gasteiger partial charge in [-0.1, -0.05) is 11.3 Å². The molecule has 104 valence electrons. The van der Waals surface area contributed by atoms with Crippen LogP contribution in [-0.4, -0.2) is 42.1 Å². The van der Waals surface area contributed by atoms with Gasteiger partial charge in [0.25, 0.3) is 4.96 Å². The topological polar surface area (TPSA) is 119 Å². The number of hydrogen-bond donors (Lipinski definition) is 2. The van der Waals surface area contributed by atoms with Crippen LogP contribution in [0.3, 0.4) is 0 Å². The molecule has 2 rings (SSSR count). The Balaban J connectivity index is 2.19. The van der Waals surface area contributed by atoms with E-state index in [0.717, 1.165) is 0 Å². The molecule has 0 aliphatic carbocycles. The number of anilines is 1. The largest absolute Gasteiger partial charge is 0.372 e. The van der Waals surface area contributed by atoms with Crippen LogP contribution in [0.4, 0.5) is 11.6 Å². The molecule has 0 saturated carbocycles. The fraction of sp³-hybridized carbons (Fsp3) is 0.375. The number of aromatic nitrogens is 2. The monoisotopic (exact) mass is 305 g/mol. The zero-order valence-corrected chi connectivity index (χ0v) is 11.5. The van der Waals surface area contributed by atoms with Crippen molar-refractivity contribution in [3.05, 3.63) is 21.7 Å². The van der Waals surface area contributed by atoms with E-state index in [2.05, 4.69) is 15.0 Å². The van der Waals surface area contributed by atoms with Crippen molar-refractivity contribution in [1.82, 2.24) is 14.1 Å². The minimum Gasteiger partial charge on any atom is -0.362 e. The lowest BCUT2D eigenvalue weighted by Crippen LogP contribution is -2.26. The fourth-order valence-electron chi connectivity index (χ4n) is 1.47. The van der Waals surface area contributed by atoms with Gasteiger partial charge in [0.2, 0.25) is 15.8 Å². The van der Waals surface area contributed by atoms with Crippen molar-refractivity contribution in [3.8, 4) is 0 Å². The Hall–Kier alpha value is -1.72. The Bertz CT molecular complexity index is 704. The summed E-state index contributed by atoms with van der Waals surface area (Å²) in [7, 11) is -2.04. The second-order valence-electron chi connectivity index (χ2n) is 3.55. The van der Waals surface area contributed by atoms with E-state index in [1.54, 1.807) is 11.6 Å². The third-order valence-electron chi connectivity index (χ3n) is 2.38. The van der Waals surface area contributed by atoms with Gasteiger partial charge in [-0.15, -0.1) is 0 Å². The summed E-state index contributed by atoms with van der Waals surface area (Å²) in [4.78, 5) is 15.0. The standard InChI is InChI=1S/C8H11N5O4S2/c1-9-19(16,17)5-2-10-6-7(13(14)15)12-3-4-18-8(12)11-6/h3-4,9-10H,2,5H2,1H3. The highest BCUT2D eigenvalue weighted by Crippen LogP contribution is 2.27. The van der Waals surface area contributed by atoms with Crippen LogP contribution in [0.1, 0.15) is 0 Å². The molecule has 0 bridgehead atoms. The summed E-state index contributed by atoms with van der Waals surface area (Å²) in [5.74, 6) is -0.312.